The van der Waals surface area contributed by atoms with Gasteiger partial charge >= 0.3 is 5.97 Å². The van der Waals surface area contributed by atoms with Gasteiger partial charge in [-0.05, 0) is 43.9 Å². The van der Waals surface area contributed by atoms with Crippen LogP contribution in [0.5, 0.6) is 11.5 Å². The topological polar surface area (TPSA) is 88.1 Å². The van der Waals surface area contributed by atoms with E-state index in [1.54, 1.807) is 14.2 Å². The predicted octanol–water partition coefficient (Wildman–Crippen LogP) is 2.07. The summed E-state index contributed by atoms with van der Waals surface area (Å²) >= 11 is 0. The molecule has 1 amide bonds. The van der Waals surface area contributed by atoms with Crippen LogP contribution in [0.1, 0.15) is 37.8 Å². The Morgan fingerprint density at radius 1 is 1.37 bits per heavy atom. The molecule has 1 aliphatic carbocycles. The van der Waals surface area contributed by atoms with Crippen LogP contribution < -0.4 is 14.8 Å². The summed E-state index contributed by atoms with van der Waals surface area (Å²) in [6.45, 7) is 3.24. The van der Waals surface area contributed by atoms with E-state index < -0.39 is 11.4 Å². The van der Waals surface area contributed by atoms with Crippen LogP contribution >= 0.6 is 0 Å². The number of rotatable bonds is 7. The van der Waals surface area contributed by atoms with Crippen LogP contribution in [0.2, 0.25) is 0 Å². The molecule has 7 heteroatoms. The number of fused-ring (bicyclic) bond motifs is 1. The minimum Gasteiger partial charge on any atom is -0.497 e. The maximum absolute atomic E-state index is 12.6. The van der Waals surface area contributed by atoms with E-state index >= 15 is 0 Å². The molecular weight excluding hydrogens is 348 g/mol. The Morgan fingerprint density at radius 2 is 2.15 bits per heavy atom. The number of hydrogen-bond acceptors (Lipinski definition) is 5. The lowest BCUT2D eigenvalue weighted by molar-refractivity contribution is -0.149. The fraction of sp³-hybridized carbons (Fsp3) is 0.600. The number of likely N-dealkylation sites (tertiary alicyclic amines) is 1. The third-order valence-corrected chi connectivity index (χ3v) is 6.02. The second-order valence-electron chi connectivity index (χ2n) is 7.62. The Hall–Kier alpha value is -2.28. The smallest absolute Gasteiger partial charge is 0.311 e. The van der Waals surface area contributed by atoms with Gasteiger partial charge in [0.15, 0.2) is 0 Å². The van der Waals surface area contributed by atoms with Crippen molar-refractivity contribution in [3.63, 3.8) is 0 Å². The second kappa shape index (κ2) is 7.76. The van der Waals surface area contributed by atoms with Crippen LogP contribution in [-0.2, 0) is 9.59 Å². The molecule has 0 bridgehead atoms. The molecule has 1 aromatic carbocycles. The number of ether oxygens (including phenoxy) is 2. The molecule has 3 atom stereocenters. The average molecular weight is 376 g/mol. The Labute approximate surface area is 159 Å². The van der Waals surface area contributed by atoms with Gasteiger partial charge in [-0.2, -0.15) is 0 Å². The number of amides is 1. The van der Waals surface area contributed by atoms with Gasteiger partial charge in [0.2, 0.25) is 5.91 Å². The van der Waals surface area contributed by atoms with Gasteiger partial charge < -0.3 is 19.9 Å². The van der Waals surface area contributed by atoms with E-state index in [1.165, 1.54) is 0 Å². The van der Waals surface area contributed by atoms with Crippen molar-refractivity contribution in [2.24, 2.45) is 11.3 Å². The maximum atomic E-state index is 12.6. The summed E-state index contributed by atoms with van der Waals surface area (Å²) in [6, 6.07) is 5.22. The molecule has 2 N–H and O–H groups in total. The molecule has 2 fully saturated rings. The zero-order chi connectivity index (χ0) is 19.6. The molecule has 1 aliphatic heterocycles. The van der Waals surface area contributed by atoms with Gasteiger partial charge in [-0.25, -0.2) is 0 Å². The van der Waals surface area contributed by atoms with Crippen LogP contribution in [0.25, 0.3) is 0 Å². The van der Waals surface area contributed by atoms with Crippen LogP contribution in [-0.4, -0.2) is 55.7 Å². The van der Waals surface area contributed by atoms with Gasteiger partial charge in [0.05, 0.1) is 32.2 Å². The molecule has 7 nitrogen and oxygen atoms in total. The van der Waals surface area contributed by atoms with Crippen molar-refractivity contribution in [1.29, 1.82) is 0 Å². The highest BCUT2D eigenvalue weighted by atomic mass is 16.5. The lowest BCUT2D eigenvalue weighted by Crippen LogP contribution is -2.40. The zero-order valence-electron chi connectivity index (χ0n) is 16.2. The van der Waals surface area contributed by atoms with Crippen molar-refractivity contribution in [2.45, 2.75) is 32.2 Å². The van der Waals surface area contributed by atoms with Crippen LogP contribution in [0.4, 0.5) is 0 Å². The quantitative estimate of drug-likeness (QED) is 0.757. The number of carbonyl (C=O) groups excluding carboxylic acids is 1. The molecule has 1 saturated carbocycles. The summed E-state index contributed by atoms with van der Waals surface area (Å²) in [5.74, 6) is 0.695. The first-order valence-corrected chi connectivity index (χ1v) is 9.36. The van der Waals surface area contributed by atoms with Gasteiger partial charge in [-0.1, -0.05) is 6.42 Å². The van der Waals surface area contributed by atoms with Crippen molar-refractivity contribution >= 4 is 11.9 Å². The van der Waals surface area contributed by atoms with Crippen molar-refractivity contribution in [3.8, 4) is 11.5 Å². The first-order valence-electron chi connectivity index (χ1n) is 9.36. The normalized spacial score (nSPS) is 25.7. The second-order valence-corrected chi connectivity index (χ2v) is 7.62. The first-order chi connectivity index (χ1) is 12.9. The minimum absolute atomic E-state index is 0.118. The SMILES string of the molecule is COc1ccc(OC)c(C(C)NC(=O)CN2C[C@@H]3CCC[C@@]3(C(=O)O)C2)c1. The Morgan fingerprint density at radius 3 is 2.78 bits per heavy atom. The zero-order valence-corrected chi connectivity index (χ0v) is 16.2. The summed E-state index contributed by atoms with van der Waals surface area (Å²) in [7, 11) is 3.19. The highest BCUT2D eigenvalue weighted by Crippen LogP contribution is 2.48. The van der Waals surface area contributed by atoms with Crippen LogP contribution in [0.3, 0.4) is 0 Å². The average Bonchev–Trinajstić information content (AvgIpc) is 3.18. The fourth-order valence-corrected chi connectivity index (χ4v) is 4.61. The van der Waals surface area contributed by atoms with Gasteiger partial charge in [-0.15, -0.1) is 0 Å². The van der Waals surface area contributed by atoms with Gasteiger partial charge in [0.1, 0.15) is 11.5 Å². The molecule has 0 spiro atoms. The van der Waals surface area contributed by atoms with E-state index in [0.717, 1.165) is 18.4 Å². The molecular formula is C20H28N2O5. The largest absolute Gasteiger partial charge is 0.497 e. The Kier molecular flexibility index (Phi) is 5.60. The standard InChI is InChI=1S/C20H28N2O5/c1-13(16-9-15(26-2)6-7-17(16)27-3)21-18(23)11-22-10-14-5-4-8-20(14,12-22)19(24)25/h6-7,9,13-14H,4-5,8,10-12H2,1-3H3,(H,21,23)(H,24,25)/t13?,14-,20+/m0/s1. The van der Waals surface area contributed by atoms with Crippen LogP contribution in [0, 0.1) is 11.3 Å². The Balaban J connectivity index is 1.62. The lowest BCUT2D eigenvalue weighted by atomic mass is 9.81. The number of carboxylic acids is 1. The molecule has 1 unspecified atom stereocenters. The van der Waals surface area contributed by atoms with Crippen molar-refractivity contribution in [1.82, 2.24) is 10.2 Å². The third kappa shape index (κ3) is 3.74. The summed E-state index contributed by atoms with van der Waals surface area (Å²) in [5, 5.41) is 12.7. The third-order valence-electron chi connectivity index (χ3n) is 6.02. The number of methoxy groups -OCH3 is 2. The van der Waals surface area contributed by atoms with Gasteiger partial charge in [0.25, 0.3) is 0 Å². The molecule has 2 aliphatic rings. The molecule has 27 heavy (non-hydrogen) atoms. The molecule has 1 saturated heterocycles. The van der Waals surface area contributed by atoms with Crippen molar-refractivity contribution in [2.75, 3.05) is 33.9 Å². The van der Waals surface area contributed by atoms with Crippen molar-refractivity contribution in [3.05, 3.63) is 23.8 Å². The molecule has 3 rings (SSSR count). The number of carboxylic acid groups (broad SMARTS) is 1. The lowest BCUT2D eigenvalue weighted by Gasteiger charge is -2.24. The number of hydrogen-bond donors (Lipinski definition) is 2. The van der Waals surface area contributed by atoms with E-state index in [4.69, 9.17) is 9.47 Å². The molecule has 0 aromatic heterocycles. The van der Waals surface area contributed by atoms with Crippen molar-refractivity contribution < 1.29 is 24.2 Å². The summed E-state index contributed by atoms with van der Waals surface area (Å²) in [5.41, 5.74) is 0.174. The van der Waals surface area contributed by atoms with E-state index in [-0.39, 0.29) is 24.4 Å². The van der Waals surface area contributed by atoms with E-state index in [1.807, 2.05) is 30.0 Å². The number of nitrogens with one attached hydrogen (secondary N) is 1. The molecule has 148 valence electrons. The van der Waals surface area contributed by atoms with Gasteiger partial charge in [0, 0.05) is 18.7 Å². The Bertz CT molecular complexity index is 722. The molecule has 1 aromatic rings. The number of benzene rings is 1. The van der Waals surface area contributed by atoms with Gasteiger partial charge in [-0.3, -0.25) is 14.5 Å². The highest BCUT2D eigenvalue weighted by molar-refractivity contribution is 5.80. The number of carbonyl (C=O) groups is 2. The molecule has 0 radical (unpaired) electrons. The van der Waals surface area contributed by atoms with E-state index in [2.05, 4.69) is 5.32 Å². The highest BCUT2D eigenvalue weighted by Gasteiger charge is 2.54. The van der Waals surface area contributed by atoms with E-state index in [0.29, 0.717) is 31.0 Å². The summed E-state index contributed by atoms with van der Waals surface area (Å²) < 4.78 is 10.6. The number of nitrogens with zero attached hydrogens (tertiary/aromatic N) is 1. The summed E-state index contributed by atoms with van der Waals surface area (Å²) in [4.78, 5) is 26.3. The predicted molar refractivity (Wildman–Crippen MR) is 100.0 cm³/mol. The monoisotopic (exact) mass is 376 g/mol. The van der Waals surface area contributed by atoms with Crippen LogP contribution in [0.15, 0.2) is 18.2 Å². The maximum Gasteiger partial charge on any atom is 0.311 e. The number of aliphatic carboxylic acids is 1. The molecule has 1 heterocycles. The summed E-state index contributed by atoms with van der Waals surface area (Å²) in [6.07, 6.45) is 2.61. The fourth-order valence-electron chi connectivity index (χ4n) is 4.61. The van der Waals surface area contributed by atoms with E-state index in [9.17, 15) is 14.7 Å². The first kappa shape index (κ1) is 19.5. The minimum atomic E-state index is -0.720.